The SMILES string of the molecule is COc1cc2cc(c1Cl)N(C)C(=O)C[C@H](OC(=O)[C@H](C)N(C)C(=O)CCSSCCNC(=O)CC[C@H]1C(=O)C[C@@H](Cc3ccc(O)cc3)C(=O)N[C@H](Cc3c[nH]c4ccccc34)CC[C@@H](CCCCN)C(=O)N[C@@H]([C@@H](C)O)C(=O)N[C@@H](Cc3ccccc3)C(=O)N1C)[C@]1(C)O[C@H]1[C@H](C)[C@@H]1C[C@@](O)(NC(=O)O1)[C@H](OC)/C=C/C=C(\C)C2. The van der Waals surface area contributed by atoms with Crippen LogP contribution in [-0.2, 0) is 87.8 Å². The number of aromatic nitrogens is 1. The molecule has 15 atom stereocenters. The molecule has 31 heteroatoms. The summed E-state index contributed by atoms with van der Waals surface area (Å²) in [5, 5.41) is 48.9. The highest BCUT2D eigenvalue weighted by atomic mass is 35.5. The van der Waals surface area contributed by atoms with Crippen LogP contribution in [0.2, 0.25) is 5.02 Å². The number of hydrogen-bond acceptors (Lipinski definition) is 21. The average molecular weight is 1650 g/mol. The molecule has 4 aromatic carbocycles. The van der Waals surface area contributed by atoms with E-state index in [0.717, 1.165) is 27.6 Å². The van der Waals surface area contributed by atoms with Crippen LogP contribution >= 0.6 is 33.2 Å². The number of nitrogens with two attached hydrogens (primary N) is 1. The number of aromatic hydroxyl groups is 1. The Kier molecular flexibility index (Phi) is 32.6. The van der Waals surface area contributed by atoms with Crippen LogP contribution in [0, 0.1) is 17.8 Å². The number of ether oxygens (including phenoxy) is 5. The van der Waals surface area contributed by atoms with Gasteiger partial charge in [0.15, 0.2) is 11.5 Å². The quantitative estimate of drug-likeness (QED) is 0.0109. The number of aliphatic hydroxyl groups is 2. The van der Waals surface area contributed by atoms with Crippen molar-refractivity contribution in [3.63, 3.8) is 0 Å². The third kappa shape index (κ3) is 24.1. The Labute approximate surface area is 684 Å². The summed E-state index contributed by atoms with van der Waals surface area (Å²) >= 11 is 6.89. The van der Waals surface area contributed by atoms with Crippen molar-refractivity contribution in [1.82, 2.24) is 41.4 Å². The van der Waals surface area contributed by atoms with Crippen molar-refractivity contribution in [2.75, 3.05) is 64.9 Å². The van der Waals surface area contributed by atoms with E-state index < -0.39 is 162 Å². The second-order valence-corrected chi connectivity index (χ2v) is 33.8. The van der Waals surface area contributed by atoms with Gasteiger partial charge in [-0.05, 0) is 138 Å². The number of anilines is 1. The number of aliphatic hydroxyl groups excluding tert-OH is 1. The number of phenols is 1. The van der Waals surface area contributed by atoms with Gasteiger partial charge in [-0.2, -0.15) is 0 Å². The third-order valence-corrected chi connectivity index (χ3v) is 25.1. The zero-order chi connectivity index (χ0) is 83.4. The van der Waals surface area contributed by atoms with E-state index in [0.29, 0.717) is 67.0 Å². The van der Waals surface area contributed by atoms with Gasteiger partial charge in [-0.3, -0.25) is 43.7 Å². The van der Waals surface area contributed by atoms with Crippen molar-refractivity contribution in [2.45, 2.75) is 203 Å². The van der Waals surface area contributed by atoms with Gasteiger partial charge >= 0.3 is 12.1 Å². The first-order valence-corrected chi connectivity index (χ1v) is 42.0. The molecule has 4 aliphatic rings. The molecule has 3 saturated heterocycles. The number of methoxy groups -OCH3 is 2. The molecule has 8 amide bonds. The van der Waals surface area contributed by atoms with Crippen LogP contribution in [0.25, 0.3) is 10.9 Å². The van der Waals surface area contributed by atoms with Crippen LogP contribution in [0.4, 0.5) is 10.5 Å². The van der Waals surface area contributed by atoms with Crippen LogP contribution in [0.3, 0.4) is 0 Å². The Morgan fingerprint density at radius 1 is 0.843 bits per heavy atom. The van der Waals surface area contributed by atoms with Crippen molar-refractivity contribution < 1.29 is 86.9 Å². The predicted molar refractivity (Wildman–Crippen MR) is 439 cm³/mol. The largest absolute Gasteiger partial charge is 0.508 e. The maximum absolute atomic E-state index is 15.4. The van der Waals surface area contributed by atoms with E-state index >= 15 is 14.4 Å². The third-order valence-electron chi connectivity index (χ3n) is 22.3. The second-order valence-electron chi connectivity index (χ2n) is 30.7. The van der Waals surface area contributed by atoms with E-state index in [9.17, 15) is 48.9 Å². The average Bonchev–Trinajstić information content (AvgIpc) is 1.57. The Balaban J connectivity index is 0.865. The number of fused-ring (bicyclic) bond motifs is 6. The number of carbonyl (C=O) groups is 10. The molecule has 0 radical (unpaired) electrons. The number of Topliss-reactive ketones (excluding diaryl/α,β-unsaturated/α-hetero) is 1. The number of esters is 1. The molecule has 3 fully saturated rings. The van der Waals surface area contributed by atoms with E-state index in [-0.39, 0.29) is 74.4 Å². The molecule has 0 unspecified atom stereocenters. The van der Waals surface area contributed by atoms with E-state index in [1.807, 2.05) is 43.5 Å². The number of nitrogens with one attached hydrogen (secondary N) is 6. The van der Waals surface area contributed by atoms with E-state index in [1.165, 1.54) is 90.6 Å². The molecule has 4 bridgehead atoms. The molecule has 1 aromatic heterocycles. The first-order valence-electron chi connectivity index (χ1n) is 39.2. The Morgan fingerprint density at radius 3 is 2.26 bits per heavy atom. The lowest BCUT2D eigenvalue weighted by molar-refractivity contribution is -0.162. The number of allylic oxidation sites excluding steroid dienone is 3. The number of phenolic OH excluding ortho intramolecular Hbond substituents is 1. The molecule has 115 heavy (non-hydrogen) atoms. The van der Waals surface area contributed by atoms with Crippen molar-refractivity contribution in [1.29, 1.82) is 0 Å². The summed E-state index contributed by atoms with van der Waals surface area (Å²) < 4.78 is 29.7. The number of rotatable bonds is 26. The van der Waals surface area contributed by atoms with Gasteiger partial charge in [-0.25, -0.2) is 9.59 Å². The van der Waals surface area contributed by atoms with Gasteiger partial charge in [-0.1, -0.05) is 131 Å². The molecule has 5 heterocycles. The molecular weight excluding hydrogens is 1540 g/mol. The van der Waals surface area contributed by atoms with Gasteiger partial charge in [-0.15, -0.1) is 0 Å². The topological polar surface area (TPSA) is 393 Å². The zero-order valence-electron chi connectivity index (χ0n) is 67.0. The lowest BCUT2D eigenvalue weighted by Gasteiger charge is -2.42. The van der Waals surface area contributed by atoms with Crippen LogP contribution in [0.5, 0.6) is 11.5 Å². The number of ketones is 1. The second kappa shape index (κ2) is 41.7. The molecule has 11 N–H and O–H groups in total. The maximum Gasteiger partial charge on any atom is 0.409 e. The van der Waals surface area contributed by atoms with Crippen molar-refractivity contribution in [2.24, 2.45) is 23.5 Å². The highest BCUT2D eigenvalue weighted by Gasteiger charge is 2.65. The molecule has 0 spiro atoms. The minimum absolute atomic E-state index is 0.00998. The highest BCUT2D eigenvalue weighted by molar-refractivity contribution is 8.76. The fourth-order valence-electron chi connectivity index (χ4n) is 15.2. The molecular formula is C84H111ClN10O18S2. The Morgan fingerprint density at radius 2 is 1.55 bits per heavy atom. The van der Waals surface area contributed by atoms with E-state index in [2.05, 4.69) is 31.6 Å². The standard InChI is InChI=1S/C84H111ClN10O18S2/c1-49-19-18-25-69(110-10)84(108)47-68(111-82(107)92-84)50(2)76-83(5,113-76)70(46-73(101)94(7)65-42-55(39-49)43-67(109-9)74(65)85)112-81(106)51(3)93(6)72(100)34-37-114-115-38-36-87-71(99)33-32-64-66(98)45-57(40-54-26-30-60(97)31-27-54)78(103)89-59(44-58-48-88-62-24-15-14-23-61(58)62)29-28-56(22-16-17-35-86)77(102)91-75(52(4)96)79(104)90-63(80(105)95(64)8)41-53-20-12-11-13-21-53/h11-15,18-21,23-27,30-31,42-43,48,50-52,56-57,59,63-64,68-70,75-76,88,96-97,108H,16-17,22,28-29,32-41,44-47,86H2,1-10H3,(H,87,99)(H,89,103)(H,90,104)(H,91,102)(H,92,107)/b25-18+,49-19+/t50-,51+,52-,56-,57-,59+,63+,64+,68+,69-,70+,75+,76+,83+,84+/m1/s1. The van der Waals surface area contributed by atoms with Crippen LogP contribution in [-0.4, -0.2) is 221 Å². The van der Waals surface area contributed by atoms with Crippen molar-refractivity contribution >= 4 is 109 Å². The molecule has 4 aliphatic heterocycles. The summed E-state index contributed by atoms with van der Waals surface area (Å²) in [7, 11) is 9.99. The number of halogens is 1. The number of unbranched alkanes of at least 4 members (excludes halogenated alkanes) is 1. The minimum Gasteiger partial charge on any atom is -0.508 e. The number of amides is 8. The smallest absolute Gasteiger partial charge is 0.409 e. The van der Waals surface area contributed by atoms with Gasteiger partial charge in [0.2, 0.25) is 41.4 Å². The van der Waals surface area contributed by atoms with Gasteiger partial charge in [0.25, 0.3) is 0 Å². The lowest BCUT2D eigenvalue weighted by atomic mass is 9.83. The predicted octanol–water partition coefficient (Wildman–Crippen LogP) is 7.87. The summed E-state index contributed by atoms with van der Waals surface area (Å²) in [6.07, 6.45) is 2.02. The number of aromatic amines is 1. The fourth-order valence-corrected chi connectivity index (χ4v) is 17.4. The summed E-state index contributed by atoms with van der Waals surface area (Å²) in [5.41, 5.74) is 7.64. The monoisotopic (exact) mass is 1650 g/mol. The number of epoxide rings is 1. The first-order chi connectivity index (χ1) is 54.8. The number of hydrogen-bond donors (Lipinski definition) is 10. The minimum atomic E-state index is -1.92. The maximum atomic E-state index is 15.4. The number of alkyl carbamates (subject to hydrolysis) is 1. The van der Waals surface area contributed by atoms with Gasteiger partial charge in [0, 0.05) is 119 Å². The summed E-state index contributed by atoms with van der Waals surface area (Å²) in [4.78, 5) is 152. The number of benzene rings is 4. The molecule has 0 saturated carbocycles. The number of para-hydroxylation sites is 1. The van der Waals surface area contributed by atoms with Crippen LogP contribution in [0.15, 0.2) is 121 Å². The zero-order valence-corrected chi connectivity index (χ0v) is 69.4. The van der Waals surface area contributed by atoms with E-state index in [4.69, 9.17) is 41.0 Å². The van der Waals surface area contributed by atoms with Crippen molar-refractivity contribution in [3.05, 3.63) is 148 Å². The number of likely N-dealkylation sites (N-methyl/N-ethyl adjacent to an activating group) is 2. The van der Waals surface area contributed by atoms with Crippen molar-refractivity contribution in [3.8, 4) is 11.5 Å². The van der Waals surface area contributed by atoms with Gasteiger partial charge < -0.3 is 85.7 Å². The van der Waals surface area contributed by atoms with Gasteiger partial charge in [0.1, 0.15) is 58.6 Å². The van der Waals surface area contributed by atoms with Gasteiger partial charge in [0.05, 0.1) is 37.5 Å². The lowest BCUT2D eigenvalue weighted by Crippen LogP contribution is -2.63. The molecule has 5 aromatic rings. The molecule has 28 nitrogen and oxygen atoms in total. The summed E-state index contributed by atoms with van der Waals surface area (Å²) in [6, 6.07) is 20.3. The fraction of sp³-hybridized carbons (Fsp3) is 0.524. The molecule has 9 rings (SSSR count). The molecule has 624 valence electrons. The van der Waals surface area contributed by atoms with E-state index in [1.54, 1.807) is 87.6 Å². The Bertz CT molecular complexity index is 4300. The number of nitrogens with zero attached hydrogens (tertiary/aromatic N) is 3. The first kappa shape index (κ1) is 89.9. The molecule has 0 aliphatic carbocycles. The Hall–Kier alpha value is -9.01. The van der Waals surface area contributed by atoms with Crippen LogP contribution in [0.1, 0.15) is 128 Å². The number of carbonyl (C=O) groups excluding carboxylic acids is 10. The van der Waals surface area contributed by atoms with Crippen LogP contribution < -0.4 is 42.0 Å². The number of H-pyrrole nitrogens is 1. The normalized spacial score (nSPS) is 26.9. The summed E-state index contributed by atoms with van der Waals surface area (Å²) in [6.45, 7) is 8.72. The summed E-state index contributed by atoms with van der Waals surface area (Å²) in [5.74, 6) is -6.75. The highest BCUT2D eigenvalue weighted by Crippen LogP contribution is 2.49.